The number of imide groups is 2. The van der Waals surface area contributed by atoms with Crippen molar-refractivity contribution >= 4 is 39.5 Å². The Hall–Kier alpha value is -1.76. The average molecular weight is 301 g/mol. The minimum absolute atomic E-state index is 0.0840. The molecule has 1 heterocycles. The molecule has 17 heavy (non-hydrogen) atoms. The van der Waals surface area contributed by atoms with Gasteiger partial charge in [-0.15, -0.1) is 0 Å². The monoisotopic (exact) mass is 300 g/mol. The fourth-order valence-corrected chi connectivity index (χ4v) is 1.68. The summed E-state index contributed by atoms with van der Waals surface area (Å²) in [5.74, 6) is -1.94. The van der Waals surface area contributed by atoms with Gasteiger partial charge in [0.05, 0.1) is 10.2 Å². The molecule has 0 bridgehead atoms. The van der Waals surface area contributed by atoms with Gasteiger partial charge >= 0.3 is 6.03 Å². The number of amides is 4. The van der Waals surface area contributed by atoms with Gasteiger partial charge in [0.25, 0.3) is 0 Å². The number of benzene rings is 1. The third-order valence-electron chi connectivity index (χ3n) is 2.17. The second-order valence-corrected chi connectivity index (χ2v) is 4.21. The van der Waals surface area contributed by atoms with Gasteiger partial charge in [0.15, 0.2) is 0 Å². The number of barbiturate groups is 1. The maximum absolute atomic E-state index is 13.3. The third kappa shape index (κ3) is 2.19. The van der Waals surface area contributed by atoms with Crippen molar-refractivity contribution in [3.8, 4) is 0 Å². The summed E-state index contributed by atoms with van der Waals surface area (Å²) in [7, 11) is 0. The molecule has 1 aliphatic heterocycles. The van der Waals surface area contributed by atoms with Crippen molar-refractivity contribution < 1.29 is 18.8 Å². The molecule has 0 aromatic heterocycles. The first kappa shape index (κ1) is 11.7. The predicted octanol–water partition coefficient (Wildman–Crippen LogP) is 1.56. The molecule has 0 aliphatic carbocycles. The molecule has 1 aliphatic rings. The lowest BCUT2D eigenvalue weighted by Gasteiger charge is -2.24. The van der Waals surface area contributed by atoms with Crippen LogP contribution in [0.3, 0.4) is 0 Å². The summed E-state index contributed by atoms with van der Waals surface area (Å²) < 4.78 is 13.5. The number of hydrogen-bond donors (Lipinski definition) is 1. The molecule has 1 N–H and O–H groups in total. The molecule has 0 radical (unpaired) electrons. The number of carbonyl (C=O) groups excluding carboxylic acids is 3. The van der Waals surface area contributed by atoms with Crippen LogP contribution in [-0.4, -0.2) is 17.8 Å². The zero-order valence-electron chi connectivity index (χ0n) is 8.37. The Bertz CT molecular complexity index is 512. The van der Waals surface area contributed by atoms with Crippen molar-refractivity contribution in [3.05, 3.63) is 28.5 Å². The van der Waals surface area contributed by atoms with E-state index in [1.807, 2.05) is 5.32 Å². The van der Waals surface area contributed by atoms with Crippen LogP contribution in [0.15, 0.2) is 22.7 Å². The Balaban J connectivity index is 2.38. The summed E-state index contributed by atoms with van der Waals surface area (Å²) in [5.41, 5.74) is 0.0840. The van der Waals surface area contributed by atoms with Crippen LogP contribution in [-0.2, 0) is 9.59 Å². The largest absolute Gasteiger partial charge is 0.335 e. The van der Waals surface area contributed by atoms with Gasteiger partial charge < -0.3 is 0 Å². The Morgan fingerprint density at radius 1 is 1.29 bits per heavy atom. The van der Waals surface area contributed by atoms with Crippen LogP contribution in [0, 0.1) is 5.82 Å². The van der Waals surface area contributed by atoms with Gasteiger partial charge in [-0.05, 0) is 34.1 Å². The molecule has 1 aromatic carbocycles. The first-order chi connectivity index (χ1) is 7.99. The van der Waals surface area contributed by atoms with Crippen LogP contribution < -0.4 is 10.2 Å². The van der Waals surface area contributed by atoms with Gasteiger partial charge in [0, 0.05) is 0 Å². The summed E-state index contributed by atoms with van der Waals surface area (Å²) in [4.78, 5) is 34.6. The number of carbonyl (C=O) groups is 3. The minimum atomic E-state index is -0.868. The van der Waals surface area contributed by atoms with Gasteiger partial charge in [-0.1, -0.05) is 0 Å². The zero-order chi connectivity index (χ0) is 12.6. The second-order valence-electron chi connectivity index (χ2n) is 3.36. The van der Waals surface area contributed by atoms with E-state index in [0.29, 0.717) is 0 Å². The number of nitrogens with zero attached hydrogens (tertiary/aromatic N) is 1. The Morgan fingerprint density at radius 3 is 2.59 bits per heavy atom. The van der Waals surface area contributed by atoms with Crippen LogP contribution in [0.1, 0.15) is 6.42 Å². The van der Waals surface area contributed by atoms with Crippen molar-refractivity contribution in [1.29, 1.82) is 0 Å². The molecule has 0 unspecified atom stereocenters. The zero-order valence-corrected chi connectivity index (χ0v) is 9.95. The van der Waals surface area contributed by atoms with E-state index in [-0.39, 0.29) is 10.2 Å². The topological polar surface area (TPSA) is 66.5 Å². The van der Waals surface area contributed by atoms with E-state index in [0.717, 1.165) is 11.0 Å². The van der Waals surface area contributed by atoms with Gasteiger partial charge in [0.2, 0.25) is 11.8 Å². The normalized spacial score (nSPS) is 16.1. The first-order valence-electron chi connectivity index (χ1n) is 4.61. The number of rotatable bonds is 1. The smallest absolute Gasteiger partial charge is 0.277 e. The lowest BCUT2D eigenvalue weighted by Crippen LogP contribution is -2.52. The number of nitrogens with one attached hydrogen (secondary N) is 1. The molecule has 1 saturated heterocycles. The highest BCUT2D eigenvalue weighted by atomic mass is 79.9. The van der Waals surface area contributed by atoms with Crippen LogP contribution in [0.5, 0.6) is 0 Å². The molecule has 0 spiro atoms. The highest BCUT2D eigenvalue weighted by Crippen LogP contribution is 2.23. The van der Waals surface area contributed by atoms with Crippen molar-refractivity contribution in [1.82, 2.24) is 5.32 Å². The van der Waals surface area contributed by atoms with Crippen LogP contribution in [0.2, 0.25) is 0 Å². The molecule has 7 heteroatoms. The van der Waals surface area contributed by atoms with Crippen LogP contribution in [0.25, 0.3) is 0 Å². The van der Waals surface area contributed by atoms with Crippen molar-refractivity contribution in [2.24, 2.45) is 0 Å². The van der Waals surface area contributed by atoms with Crippen molar-refractivity contribution in [2.75, 3.05) is 4.90 Å². The van der Waals surface area contributed by atoms with E-state index in [1.54, 1.807) is 0 Å². The molecule has 0 saturated carbocycles. The van der Waals surface area contributed by atoms with E-state index >= 15 is 0 Å². The molecule has 2 rings (SSSR count). The summed E-state index contributed by atoms with van der Waals surface area (Å²) >= 11 is 2.96. The standard InChI is InChI=1S/C10H6BrFN2O3/c11-6-2-1-5(3-7(6)12)14-9(16)4-8(15)13-10(14)17/h1-3H,4H2,(H,13,15,17). The fourth-order valence-electron chi connectivity index (χ4n) is 1.43. The molecular formula is C10H6BrFN2O3. The molecule has 0 atom stereocenters. The van der Waals surface area contributed by atoms with Crippen LogP contribution >= 0.6 is 15.9 Å². The minimum Gasteiger partial charge on any atom is -0.277 e. The average Bonchev–Trinajstić information content (AvgIpc) is 2.21. The van der Waals surface area contributed by atoms with E-state index in [9.17, 15) is 18.8 Å². The van der Waals surface area contributed by atoms with Gasteiger partial charge in [-0.25, -0.2) is 14.1 Å². The predicted molar refractivity (Wildman–Crippen MR) is 59.7 cm³/mol. The van der Waals surface area contributed by atoms with Crippen molar-refractivity contribution in [2.45, 2.75) is 6.42 Å². The van der Waals surface area contributed by atoms with Crippen LogP contribution in [0.4, 0.5) is 14.9 Å². The highest BCUT2D eigenvalue weighted by molar-refractivity contribution is 9.10. The number of halogens is 2. The Morgan fingerprint density at radius 2 is 2.00 bits per heavy atom. The molecule has 1 fully saturated rings. The molecular weight excluding hydrogens is 295 g/mol. The fraction of sp³-hybridized carbons (Fsp3) is 0.100. The van der Waals surface area contributed by atoms with Crippen molar-refractivity contribution in [3.63, 3.8) is 0 Å². The van der Waals surface area contributed by atoms with E-state index in [4.69, 9.17) is 0 Å². The molecule has 1 aromatic rings. The van der Waals surface area contributed by atoms with Gasteiger partial charge in [-0.3, -0.25) is 14.9 Å². The maximum Gasteiger partial charge on any atom is 0.335 e. The Labute approximate surface area is 104 Å². The number of urea groups is 1. The lowest BCUT2D eigenvalue weighted by atomic mass is 10.2. The van der Waals surface area contributed by atoms with E-state index in [2.05, 4.69) is 15.9 Å². The summed E-state index contributed by atoms with van der Waals surface area (Å²) in [6.07, 6.45) is -0.427. The molecule has 5 nitrogen and oxygen atoms in total. The summed E-state index contributed by atoms with van der Waals surface area (Å²) in [6.45, 7) is 0. The van der Waals surface area contributed by atoms with Gasteiger partial charge in [0.1, 0.15) is 12.2 Å². The third-order valence-corrected chi connectivity index (χ3v) is 2.82. The SMILES string of the molecule is O=C1CC(=O)N(c2ccc(Br)c(F)c2)C(=O)N1. The van der Waals surface area contributed by atoms with Gasteiger partial charge in [-0.2, -0.15) is 0 Å². The quantitative estimate of drug-likeness (QED) is 0.801. The number of anilines is 1. The summed E-state index contributed by atoms with van der Waals surface area (Å²) in [5, 5.41) is 1.99. The highest BCUT2D eigenvalue weighted by Gasteiger charge is 2.32. The first-order valence-corrected chi connectivity index (χ1v) is 5.40. The lowest BCUT2D eigenvalue weighted by molar-refractivity contribution is -0.128. The Kier molecular flexibility index (Phi) is 2.93. The molecule has 88 valence electrons. The molecule has 4 amide bonds. The van der Waals surface area contributed by atoms with E-state index < -0.39 is 30.1 Å². The summed E-state index contributed by atoms with van der Waals surface area (Å²) in [6, 6.07) is 2.95. The number of hydrogen-bond acceptors (Lipinski definition) is 3. The maximum atomic E-state index is 13.3. The second kappa shape index (κ2) is 4.25. The van der Waals surface area contributed by atoms with E-state index in [1.165, 1.54) is 12.1 Å².